The zero-order chi connectivity index (χ0) is 12.0. The Morgan fingerprint density at radius 3 is 3.00 bits per heavy atom. The molecule has 0 unspecified atom stereocenters. The van der Waals surface area contributed by atoms with Crippen LogP contribution in [0, 0.1) is 0 Å². The van der Waals surface area contributed by atoms with Gasteiger partial charge >= 0.3 is 5.69 Å². The zero-order valence-electron chi connectivity index (χ0n) is 8.58. The molecule has 7 nitrogen and oxygen atoms in total. The first-order chi connectivity index (χ1) is 8.19. The van der Waals surface area contributed by atoms with Crippen molar-refractivity contribution in [3.8, 4) is 5.75 Å². The van der Waals surface area contributed by atoms with Crippen molar-refractivity contribution in [3.63, 3.8) is 0 Å². The van der Waals surface area contributed by atoms with Gasteiger partial charge in [-0.1, -0.05) is 0 Å². The van der Waals surface area contributed by atoms with Gasteiger partial charge in [-0.05, 0) is 12.1 Å². The van der Waals surface area contributed by atoms with E-state index < -0.39 is 5.69 Å². The van der Waals surface area contributed by atoms with Crippen molar-refractivity contribution in [2.75, 3.05) is 0 Å². The van der Waals surface area contributed by atoms with E-state index in [1.54, 1.807) is 6.07 Å². The third-order valence-electron chi connectivity index (χ3n) is 2.48. The number of nitrogens with one attached hydrogen (secondary N) is 1. The van der Waals surface area contributed by atoms with E-state index in [4.69, 9.17) is 5.11 Å². The van der Waals surface area contributed by atoms with Gasteiger partial charge in [0.05, 0.1) is 5.52 Å². The standard InChI is InChI=1S/C10H8N4O3/c15-4-8-12-9-6-2-1-5(16)3-7(6)11-10(17)14(9)13-8/h1-3,15-16H,4H2,(H,12,13). The lowest BCUT2D eigenvalue weighted by Gasteiger charge is -1.98. The number of fused-ring (bicyclic) bond motifs is 3. The van der Waals surface area contributed by atoms with Crippen molar-refractivity contribution in [2.45, 2.75) is 6.61 Å². The van der Waals surface area contributed by atoms with Crippen LogP contribution in [-0.4, -0.2) is 29.8 Å². The Balaban J connectivity index is 2.54. The number of phenolic OH excluding ortho intramolecular Hbond substituents is 1. The van der Waals surface area contributed by atoms with Crippen molar-refractivity contribution < 1.29 is 10.2 Å². The van der Waals surface area contributed by atoms with Crippen LogP contribution < -0.4 is 5.69 Å². The Morgan fingerprint density at radius 2 is 2.24 bits per heavy atom. The van der Waals surface area contributed by atoms with E-state index in [2.05, 4.69) is 15.1 Å². The van der Waals surface area contributed by atoms with E-state index in [1.165, 1.54) is 12.1 Å². The molecular formula is C10H8N4O3. The summed E-state index contributed by atoms with van der Waals surface area (Å²) in [7, 11) is 0. The summed E-state index contributed by atoms with van der Waals surface area (Å²) < 4.78 is 1.09. The Hall–Kier alpha value is -2.41. The van der Waals surface area contributed by atoms with Crippen LogP contribution >= 0.6 is 0 Å². The number of aliphatic hydroxyl groups excluding tert-OH is 1. The number of phenols is 1. The molecule has 0 aliphatic carbocycles. The van der Waals surface area contributed by atoms with Crippen LogP contribution in [0.2, 0.25) is 0 Å². The highest BCUT2D eigenvalue weighted by Crippen LogP contribution is 2.19. The monoisotopic (exact) mass is 232 g/mol. The number of aromatic hydroxyl groups is 1. The average Bonchev–Trinajstić information content (AvgIpc) is 2.73. The number of aromatic nitrogens is 4. The highest BCUT2D eigenvalue weighted by atomic mass is 16.3. The minimum atomic E-state index is -0.561. The molecule has 3 aromatic rings. The summed E-state index contributed by atoms with van der Waals surface area (Å²) in [6, 6.07) is 4.52. The molecule has 0 saturated heterocycles. The maximum absolute atomic E-state index is 11.6. The first kappa shape index (κ1) is 9.79. The fourth-order valence-corrected chi connectivity index (χ4v) is 1.74. The predicted molar refractivity (Wildman–Crippen MR) is 58.7 cm³/mol. The molecule has 3 N–H and O–H groups in total. The second-order valence-electron chi connectivity index (χ2n) is 3.59. The molecule has 0 aliphatic rings. The molecule has 2 heterocycles. The lowest BCUT2D eigenvalue weighted by atomic mass is 10.2. The molecule has 0 bridgehead atoms. The molecule has 7 heteroatoms. The lowest BCUT2D eigenvalue weighted by molar-refractivity contribution is 0.271. The minimum Gasteiger partial charge on any atom is -0.508 e. The summed E-state index contributed by atoms with van der Waals surface area (Å²) in [5.74, 6) is 0.320. The highest BCUT2D eigenvalue weighted by molar-refractivity contribution is 5.91. The van der Waals surface area contributed by atoms with Crippen LogP contribution in [0.15, 0.2) is 23.0 Å². The van der Waals surface area contributed by atoms with Crippen molar-refractivity contribution in [1.82, 2.24) is 19.6 Å². The second kappa shape index (κ2) is 3.29. The first-order valence-electron chi connectivity index (χ1n) is 4.90. The number of hydrogen-bond donors (Lipinski definition) is 3. The lowest BCUT2D eigenvalue weighted by Crippen LogP contribution is -2.17. The molecule has 1 aromatic carbocycles. The minimum absolute atomic E-state index is 0.0376. The number of aromatic amines is 1. The van der Waals surface area contributed by atoms with Gasteiger partial charge in [-0.15, -0.1) is 5.10 Å². The van der Waals surface area contributed by atoms with Crippen LogP contribution in [0.3, 0.4) is 0 Å². The third-order valence-corrected chi connectivity index (χ3v) is 2.48. The van der Waals surface area contributed by atoms with Gasteiger partial charge in [-0.25, -0.2) is 4.79 Å². The second-order valence-corrected chi connectivity index (χ2v) is 3.59. The van der Waals surface area contributed by atoms with Crippen molar-refractivity contribution in [3.05, 3.63) is 34.5 Å². The SMILES string of the molecule is O=c1nc2cc(O)ccc2c2[nH]c(CO)nn12. The molecule has 0 saturated carbocycles. The smallest absolute Gasteiger partial charge is 0.370 e. The molecule has 0 radical (unpaired) electrons. The number of rotatable bonds is 1. The normalized spacial score (nSPS) is 11.4. The van der Waals surface area contributed by atoms with Crippen molar-refractivity contribution >= 4 is 16.6 Å². The third kappa shape index (κ3) is 1.36. The van der Waals surface area contributed by atoms with E-state index in [1.807, 2.05) is 0 Å². The Kier molecular flexibility index (Phi) is 1.89. The van der Waals surface area contributed by atoms with E-state index in [9.17, 15) is 9.90 Å². The number of aliphatic hydroxyl groups is 1. The van der Waals surface area contributed by atoms with Crippen LogP contribution in [-0.2, 0) is 6.61 Å². The van der Waals surface area contributed by atoms with Crippen LogP contribution in [0.4, 0.5) is 0 Å². The van der Waals surface area contributed by atoms with E-state index in [0.29, 0.717) is 16.6 Å². The molecule has 86 valence electrons. The maximum Gasteiger partial charge on any atom is 0.370 e. The van der Waals surface area contributed by atoms with Gasteiger partial charge < -0.3 is 15.2 Å². The first-order valence-corrected chi connectivity index (χ1v) is 4.90. The fourth-order valence-electron chi connectivity index (χ4n) is 1.74. The van der Waals surface area contributed by atoms with Gasteiger partial charge in [0.25, 0.3) is 0 Å². The van der Waals surface area contributed by atoms with Gasteiger partial charge in [0.2, 0.25) is 0 Å². The predicted octanol–water partition coefficient (Wildman–Crippen LogP) is -0.231. The number of H-pyrrole nitrogens is 1. The summed E-state index contributed by atoms with van der Waals surface area (Å²) >= 11 is 0. The average molecular weight is 232 g/mol. The molecule has 0 fully saturated rings. The van der Waals surface area contributed by atoms with E-state index >= 15 is 0 Å². The van der Waals surface area contributed by atoms with Crippen LogP contribution in [0.25, 0.3) is 16.6 Å². The van der Waals surface area contributed by atoms with Crippen LogP contribution in [0.1, 0.15) is 5.82 Å². The van der Waals surface area contributed by atoms with Gasteiger partial charge in [0.1, 0.15) is 18.0 Å². The molecule has 2 aromatic heterocycles. The summed E-state index contributed by atoms with van der Waals surface area (Å²) in [6.45, 7) is -0.291. The van der Waals surface area contributed by atoms with Gasteiger partial charge in [0.15, 0.2) is 5.82 Å². The molecule has 0 spiro atoms. The molecule has 0 aliphatic heterocycles. The summed E-state index contributed by atoms with van der Waals surface area (Å²) in [6.07, 6.45) is 0. The molecular weight excluding hydrogens is 224 g/mol. The topological polar surface area (TPSA) is 104 Å². The van der Waals surface area contributed by atoms with Gasteiger partial charge in [-0.2, -0.15) is 9.50 Å². The molecule has 3 rings (SSSR count). The van der Waals surface area contributed by atoms with Gasteiger partial charge in [0, 0.05) is 11.5 Å². The van der Waals surface area contributed by atoms with E-state index in [0.717, 1.165) is 4.52 Å². The summed E-state index contributed by atoms with van der Waals surface area (Å²) in [5.41, 5.74) is 0.265. The largest absolute Gasteiger partial charge is 0.508 e. The van der Waals surface area contributed by atoms with Crippen molar-refractivity contribution in [2.24, 2.45) is 0 Å². The van der Waals surface area contributed by atoms with Crippen molar-refractivity contribution in [1.29, 1.82) is 0 Å². The Labute approximate surface area is 94.0 Å². The van der Waals surface area contributed by atoms with E-state index in [-0.39, 0.29) is 18.2 Å². The number of nitrogens with zero attached hydrogens (tertiary/aromatic N) is 3. The quantitative estimate of drug-likeness (QED) is 0.537. The Morgan fingerprint density at radius 1 is 1.41 bits per heavy atom. The fraction of sp³-hybridized carbons (Fsp3) is 0.100. The number of hydrogen-bond acceptors (Lipinski definition) is 5. The van der Waals surface area contributed by atoms with Gasteiger partial charge in [-0.3, -0.25) is 0 Å². The summed E-state index contributed by atoms with van der Waals surface area (Å²) in [5, 5.41) is 22.8. The Bertz CT molecular complexity index is 774. The highest BCUT2D eigenvalue weighted by Gasteiger charge is 2.09. The number of benzene rings is 1. The summed E-state index contributed by atoms with van der Waals surface area (Å²) in [4.78, 5) is 18.3. The molecule has 0 amide bonds. The molecule has 17 heavy (non-hydrogen) atoms. The maximum atomic E-state index is 11.6. The zero-order valence-corrected chi connectivity index (χ0v) is 8.58. The molecule has 0 atom stereocenters. The van der Waals surface area contributed by atoms with Crippen LogP contribution in [0.5, 0.6) is 5.75 Å².